The van der Waals surface area contributed by atoms with Crippen molar-refractivity contribution in [1.29, 1.82) is 0 Å². The van der Waals surface area contributed by atoms with E-state index in [2.05, 4.69) is 20.2 Å². The summed E-state index contributed by atoms with van der Waals surface area (Å²) in [6.07, 6.45) is 13.2. The van der Waals surface area contributed by atoms with Crippen LogP contribution in [0.5, 0.6) is 0 Å². The number of pyridine rings is 2. The van der Waals surface area contributed by atoms with E-state index in [1.54, 1.807) is 35.3 Å². The summed E-state index contributed by atoms with van der Waals surface area (Å²) in [6.45, 7) is 4.99. The molecule has 1 saturated heterocycles. The third-order valence-corrected chi connectivity index (χ3v) is 7.91. The van der Waals surface area contributed by atoms with Crippen LogP contribution in [0.25, 0.3) is 17.0 Å². The van der Waals surface area contributed by atoms with Gasteiger partial charge in [0, 0.05) is 55.5 Å². The number of hydrogen-bond donors (Lipinski definition) is 1. The molecule has 6 rings (SSSR count). The van der Waals surface area contributed by atoms with Crippen LogP contribution >= 0.6 is 0 Å². The standard InChI is InChI=1S/C28H33N7O2/c1-20(33-18-25(30-19-33)24-15-28(37)35-12-3-2-9-26(35)31-24)34-13-10-23(14-27(34)36)32-11-5-8-22(17-32)29-16-21-6-4-7-21/h2-3,9-10,12-15,18-22,29H,4-8,11,16-17H2,1H3/t20?,22-/m1/s1. The van der Waals surface area contributed by atoms with E-state index in [-0.39, 0.29) is 17.3 Å². The molecule has 4 aromatic rings. The second-order valence-corrected chi connectivity index (χ2v) is 10.4. The smallest absolute Gasteiger partial charge is 0.258 e. The largest absolute Gasteiger partial charge is 0.370 e. The first-order valence-corrected chi connectivity index (χ1v) is 13.3. The predicted octanol–water partition coefficient (Wildman–Crippen LogP) is 3.15. The van der Waals surface area contributed by atoms with Gasteiger partial charge in [0.05, 0.1) is 12.0 Å². The van der Waals surface area contributed by atoms with Gasteiger partial charge in [0.15, 0.2) is 0 Å². The topological polar surface area (TPSA) is 89.5 Å². The highest BCUT2D eigenvalue weighted by atomic mass is 16.1. The van der Waals surface area contributed by atoms with E-state index in [4.69, 9.17) is 0 Å². The molecule has 1 aliphatic carbocycles. The molecule has 4 aromatic heterocycles. The maximum atomic E-state index is 13.1. The summed E-state index contributed by atoms with van der Waals surface area (Å²) < 4.78 is 5.07. The van der Waals surface area contributed by atoms with Gasteiger partial charge in [0.2, 0.25) is 0 Å². The van der Waals surface area contributed by atoms with Crippen molar-refractivity contribution in [1.82, 2.24) is 28.8 Å². The molecule has 2 fully saturated rings. The lowest BCUT2D eigenvalue weighted by Crippen LogP contribution is -2.47. The average Bonchev–Trinajstić information content (AvgIpc) is 3.38. The SMILES string of the molecule is CC(n1cnc(-c2cc(=O)n3ccccc3n2)c1)n1ccc(N2CCC[C@@H](NCC3CCC3)C2)cc1=O. The van der Waals surface area contributed by atoms with Crippen LogP contribution < -0.4 is 21.3 Å². The van der Waals surface area contributed by atoms with Crippen LogP contribution in [0.4, 0.5) is 5.69 Å². The van der Waals surface area contributed by atoms with Crippen molar-refractivity contribution in [3.05, 3.63) is 82.0 Å². The van der Waals surface area contributed by atoms with Crippen LogP contribution in [0.2, 0.25) is 0 Å². The summed E-state index contributed by atoms with van der Waals surface area (Å²) in [6, 6.07) is 11.2. The summed E-state index contributed by atoms with van der Waals surface area (Å²) in [7, 11) is 0. The molecular weight excluding hydrogens is 466 g/mol. The van der Waals surface area contributed by atoms with Crippen molar-refractivity contribution >= 4 is 11.3 Å². The molecule has 9 heteroatoms. The normalized spacial score (nSPS) is 19.2. The fraction of sp³-hybridized carbons (Fsp3) is 0.429. The van der Waals surface area contributed by atoms with Gasteiger partial charge in [-0.2, -0.15) is 0 Å². The van der Waals surface area contributed by atoms with Crippen LogP contribution in [0.1, 0.15) is 45.2 Å². The monoisotopic (exact) mass is 499 g/mol. The number of aromatic nitrogens is 5. The Morgan fingerprint density at radius 3 is 2.73 bits per heavy atom. The third kappa shape index (κ3) is 4.83. The molecule has 1 saturated carbocycles. The van der Waals surface area contributed by atoms with E-state index in [1.807, 2.05) is 36.0 Å². The van der Waals surface area contributed by atoms with Crippen molar-refractivity contribution in [3.8, 4) is 11.4 Å². The van der Waals surface area contributed by atoms with Gasteiger partial charge in [-0.15, -0.1) is 0 Å². The zero-order valence-corrected chi connectivity index (χ0v) is 21.2. The summed E-state index contributed by atoms with van der Waals surface area (Å²) in [5.74, 6) is 0.850. The Morgan fingerprint density at radius 2 is 1.92 bits per heavy atom. The van der Waals surface area contributed by atoms with E-state index < -0.39 is 0 Å². The second kappa shape index (κ2) is 9.97. The van der Waals surface area contributed by atoms with Crippen LogP contribution in [0, 0.1) is 5.92 Å². The van der Waals surface area contributed by atoms with E-state index in [0.717, 1.165) is 37.7 Å². The van der Waals surface area contributed by atoms with Gasteiger partial charge in [-0.05, 0) is 63.3 Å². The number of fused-ring (bicyclic) bond motifs is 1. The molecule has 2 atom stereocenters. The Labute approximate surface area is 215 Å². The zero-order chi connectivity index (χ0) is 25.4. The number of imidazole rings is 1. The molecule has 1 unspecified atom stereocenters. The van der Waals surface area contributed by atoms with Crippen LogP contribution in [0.15, 0.2) is 70.9 Å². The predicted molar refractivity (Wildman–Crippen MR) is 144 cm³/mol. The summed E-state index contributed by atoms with van der Waals surface area (Å²) in [5, 5.41) is 3.76. The van der Waals surface area contributed by atoms with Gasteiger partial charge in [-0.3, -0.25) is 18.6 Å². The van der Waals surface area contributed by atoms with Gasteiger partial charge in [0.25, 0.3) is 11.1 Å². The molecular formula is C28H33N7O2. The highest BCUT2D eigenvalue weighted by Crippen LogP contribution is 2.26. The third-order valence-electron chi connectivity index (χ3n) is 7.91. The van der Waals surface area contributed by atoms with Gasteiger partial charge in [-0.25, -0.2) is 9.97 Å². The molecule has 1 N–H and O–H groups in total. The molecule has 9 nitrogen and oxygen atoms in total. The maximum absolute atomic E-state index is 13.1. The van der Waals surface area contributed by atoms with E-state index in [1.165, 1.54) is 36.2 Å². The molecule has 0 bridgehead atoms. The lowest BCUT2D eigenvalue weighted by atomic mass is 9.85. The number of hydrogen-bond acceptors (Lipinski definition) is 6. The quantitative estimate of drug-likeness (QED) is 0.420. The van der Waals surface area contributed by atoms with E-state index >= 15 is 0 Å². The van der Waals surface area contributed by atoms with Crippen LogP contribution in [-0.2, 0) is 0 Å². The number of rotatable bonds is 7. The zero-order valence-electron chi connectivity index (χ0n) is 21.2. The molecule has 2 aliphatic rings. The van der Waals surface area contributed by atoms with Crippen LogP contribution in [-0.4, -0.2) is 49.2 Å². The minimum atomic E-state index is -0.275. The molecule has 0 radical (unpaired) electrons. The lowest BCUT2D eigenvalue weighted by Gasteiger charge is -2.36. The van der Waals surface area contributed by atoms with Crippen molar-refractivity contribution in [3.63, 3.8) is 0 Å². The highest BCUT2D eigenvalue weighted by Gasteiger charge is 2.23. The molecule has 192 valence electrons. The van der Waals surface area contributed by atoms with Crippen molar-refractivity contribution in [2.75, 3.05) is 24.5 Å². The number of piperidine rings is 1. The molecule has 5 heterocycles. The fourth-order valence-electron chi connectivity index (χ4n) is 5.40. The Morgan fingerprint density at radius 1 is 1.03 bits per heavy atom. The number of nitrogens with zero attached hydrogens (tertiary/aromatic N) is 6. The highest BCUT2D eigenvalue weighted by molar-refractivity contribution is 5.56. The molecule has 37 heavy (non-hydrogen) atoms. The molecule has 0 amide bonds. The Balaban J connectivity index is 1.17. The first-order valence-electron chi connectivity index (χ1n) is 13.3. The van der Waals surface area contributed by atoms with Crippen LogP contribution in [0.3, 0.4) is 0 Å². The van der Waals surface area contributed by atoms with Crippen molar-refractivity contribution in [2.45, 2.75) is 51.2 Å². The Kier molecular flexibility index (Phi) is 6.38. The summed E-state index contributed by atoms with van der Waals surface area (Å²) in [4.78, 5) is 37.0. The second-order valence-electron chi connectivity index (χ2n) is 10.4. The average molecular weight is 500 g/mol. The first kappa shape index (κ1) is 23.7. The van der Waals surface area contributed by atoms with Gasteiger partial charge < -0.3 is 14.8 Å². The first-order chi connectivity index (χ1) is 18.0. The number of nitrogens with one attached hydrogen (secondary N) is 1. The van der Waals surface area contributed by atoms with Gasteiger partial charge >= 0.3 is 0 Å². The van der Waals surface area contributed by atoms with Gasteiger partial charge in [0.1, 0.15) is 17.5 Å². The minimum absolute atomic E-state index is 0.0492. The van der Waals surface area contributed by atoms with Gasteiger partial charge in [-0.1, -0.05) is 12.5 Å². The lowest BCUT2D eigenvalue weighted by molar-refractivity contribution is 0.280. The fourth-order valence-corrected chi connectivity index (χ4v) is 5.40. The molecule has 0 aromatic carbocycles. The van der Waals surface area contributed by atoms with E-state index in [9.17, 15) is 9.59 Å². The number of anilines is 1. The molecule has 0 spiro atoms. The van der Waals surface area contributed by atoms with Crippen molar-refractivity contribution in [2.24, 2.45) is 5.92 Å². The maximum Gasteiger partial charge on any atom is 0.258 e. The molecule has 1 aliphatic heterocycles. The minimum Gasteiger partial charge on any atom is -0.370 e. The van der Waals surface area contributed by atoms with E-state index in [0.29, 0.717) is 23.1 Å². The Hall–Kier alpha value is -3.72. The summed E-state index contributed by atoms with van der Waals surface area (Å²) in [5.41, 5.74) is 2.44. The summed E-state index contributed by atoms with van der Waals surface area (Å²) >= 11 is 0. The van der Waals surface area contributed by atoms with Crippen molar-refractivity contribution < 1.29 is 0 Å². The Bertz CT molecular complexity index is 1520.